The molecule has 0 amide bonds. The first kappa shape index (κ1) is 30.0. The van der Waals surface area contributed by atoms with E-state index in [0.29, 0.717) is 6.42 Å². The van der Waals surface area contributed by atoms with Crippen molar-refractivity contribution < 1.29 is 16.8 Å². The van der Waals surface area contributed by atoms with E-state index in [1.807, 2.05) is 25.1 Å². The molecule has 2 atom stereocenters. The van der Waals surface area contributed by atoms with Crippen LogP contribution in [0.1, 0.15) is 127 Å². The molecule has 0 aromatic carbocycles. The maximum absolute atomic E-state index is 13.8. The van der Waals surface area contributed by atoms with Crippen molar-refractivity contribution in [3.63, 3.8) is 0 Å². The van der Waals surface area contributed by atoms with Crippen molar-refractivity contribution in [1.82, 2.24) is 8.61 Å². The minimum Gasteiger partial charge on any atom is -0.212 e. The largest absolute Gasteiger partial charge is 0.219 e. The third-order valence-electron chi connectivity index (χ3n) is 7.27. The minimum atomic E-state index is -3.45. The van der Waals surface area contributed by atoms with E-state index >= 15 is 0 Å². The lowest BCUT2D eigenvalue weighted by atomic mass is 9.89. The van der Waals surface area contributed by atoms with Crippen LogP contribution in [0.4, 0.5) is 0 Å². The smallest absolute Gasteiger partial charge is 0.212 e. The Morgan fingerprint density at radius 3 is 1.53 bits per heavy atom. The Morgan fingerprint density at radius 1 is 0.706 bits per heavy atom. The fourth-order valence-corrected chi connectivity index (χ4v) is 9.01. The summed E-state index contributed by atoms with van der Waals surface area (Å²) in [5.41, 5.74) is 0.0726. The second kappa shape index (κ2) is 10.3. The van der Waals surface area contributed by atoms with Gasteiger partial charge >= 0.3 is 0 Å². The molecular formula is C26H52N2O4S2. The molecular weight excluding hydrogens is 468 g/mol. The molecule has 0 spiro atoms. The van der Waals surface area contributed by atoms with E-state index in [-0.39, 0.29) is 29.6 Å². The second-order valence-corrected chi connectivity index (χ2v) is 18.8. The second-order valence-electron chi connectivity index (χ2n) is 13.7. The summed E-state index contributed by atoms with van der Waals surface area (Å²) < 4.78 is 55.8. The number of hydrogen-bond donors (Lipinski definition) is 0. The molecule has 0 heterocycles. The lowest BCUT2D eigenvalue weighted by molar-refractivity contribution is 0.233. The van der Waals surface area contributed by atoms with Crippen LogP contribution in [-0.4, -0.2) is 59.1 Å². The van der Waals surface area contributed by atoms with Gasteiger partial charge in [0.05, 0.1) is 9.49 Å². The molecule has 2 aliphatic carbocycles. The van der Waals surface area contributed by atoms with Crippen LogP contribution >= 0.6 is 0 Å². The molecule has 8 heteroatoms. The molecule has 0 aromatic rings. The van der Waals surface area contributed by atoms with Crippen LogP contribution in [0.3, 0.4) is 0 Å². The average molecular weight is 521 g/mol. The molecule has 0 aromatic heterocycles. The standard InChI is InChI=1S/C26H52N2O4S2/c1-20(27(22-14-15-22)33(29,30)25(6,7)8)13-11-12-18-26(9,10)34(31,32)28(23-16-17-23)21(2)19-24(3,4)5/h20-23H,11-19H2,1-10H3/t20-,21+/m0/s1. The van der Waals surface area contributed by atoms with E-state index < -0.39 is 29.5 Å². The molecule has 0 radical (unpaired) electrons. The molecule has 2 rings (SSSR count). The highest BCUT2D eigenvalue weighted by Gasteiger charge is 2.48. The lowest BCUT2D eigenvalue weighted by Crippen LogP contribution is -2.50. The normalized spacial score (nSPS) is 20.7. The summed E-state index contributed by atoms with van der Waals surface area (Å²) in [7, 11) is -6.82. The number of hydrogen-bond acceptors (Lipinski definition) is 4. The number of nitrogens with zero attached hydrogens (tertiary/aromatic N) is 2. The minimum absolute atomic E-state index is 0.00787. The molecule has 34 heavy (non-hydrogen) atoms. The van der Waals surface area contributed by atoms with Gasteiger partial charge in [0, 0.05) is 24.2 Å². The maximum atomic E-state index is 13.8. The van der Waals surface area contributed by atoms with Crippen LogP contribution in [0.25, 0.3) is 0 Å². The van der Waals surface area contributed by atoms with Gasteiger partial charge in [-0.2, -0.15) is 8.61 Å². The van der Waals surface area contributed by atoms with E-state index in [9.17, 15) is 16.8 Å². The van der Waals surface area contributed by atoms with Crippen molar-refractivity contribution in [2.24, 2.45) is 5.41 Å². The van der Waals surface area contributed by atoms with Crippen LogP contribution in [0, 0.1) is 5.41 Å². The monoisotopic (exact) mass is 520 g/mol. The highest BCUT2D eigenvalue weighted by atomic mass is 32.2. The molecule has 2 aliphatic rings. The Bertz CT molecular complexity index is 890. The summed E-state index contributed by atoms with van der Waals surface area (Å²) in [6.45, 7) is 19.6. The maximum Gasteiger partial charge on any atom is 0.219 e. The Morgan fingerprint density at radius 2 is 1.15 bits per heavy atom. The van der Waals surface area contributed by atoms with Gasteiger partial charge in [-0.15, -0.1) is 0 Å². The first-order chi connectivity index (χ1) is 15.2. The molecule has 2 saturated carbocycles. The molecule has 0 saturated heterocycles. The average Bonchev–Trinajstić information content (AvgIpc) is 3.51. The van der Waals surface area contributed by atoms with E-state index in [1.54, 1.807) is 25.1 Å². The van der Waals surface area contributed by atoms with Gasteiger partial charge in [0.1, 0.15) is 0 Å². The zero-order valence-electron chi connectivity index (χ0n) is 23.5. The quantitative estimate of drug-likeness (QED) is 0.282. The Kier molecular flexibility index (Phi) is 9.10. The Labute approximate surface area is 211 Å². The molecule has 0 unspecified atom stereocenters. The van der Waals surface area contributed by atoms with E-state index in [2.05, 4.69) is 27.7 Å². The van der Waals surface area contributed by atoms with Crippen molar-refractivity contribution in [1.29, 1.82) is 0 Å². The molecule has 6 nitrogen and oxygen atoms in total. The van der Waals surface area contributed by atoms with Crippen molar-refractivity contribution in [2.45, 2.75) is 161 Å². The summed E-state index contributed by atoms with van der Waals surface area (Å²) in [5.74, 6) is 0. The van der Waals surface area contributed by atoms with Gasteiger partial charge in [-0.3, -0.25) is 0 Å². The van der Waals surface area contributed by atoms with Crippen LogP contribution in [0.15, 0.2) is 0 Å². The van der Waals surface area contributed by atoms with Crippen LogP contribution < -0.4 is 0 Å². The van der Waals surface area contributed by atoms with Gasteiger partial charge in [0.2, 0.25) is 20.0 Å². The SMILES string of the molecule is C[C@H](CC(C)(C)C)N(C1CC1)S(=O)(=O)C(C)(C)CCCC[C@H](C)N(C1CC1)S(=O)(=O)C(C)(C)C. The number of rotatable bonds is 13. The predicted molar refractivity (Wildman–Crippen MR) is 143 cm³/mol. The first-order valence-corrected chi connectivity index (χ1v) is 16.2. The van der Waals surface area contributed by atoms with E-state index in [1.165, 1.54) is 0 Å². The van der Waals surface area contributed by atoms with Crippen LogP contribution in [0.2, 0.25) is 0 Å². The lowest BCUT2D eigenvalue weighted by Gasteiger charge is -2.38. The molecule has 0 N–H and O–H groups in total. The number of sulfonamides is 2. The first-order valence-electron chi connectivity index (χ1n) is 13.3. The molecule has 2 fully saturated rings. The van der Waals surface area contributed by atoms with Gasteiger partial charge in [-0.05, 0) is 98.8 Å². The van der Waals surface area contributed by atoms with Gasteiger partial charge in [0.25, 0.3) is 0 Å². The van der Waals surface area contributed by atoms with E-state index in [0.717, 1.165) is 51.4 Å². The van der Waals surface area contributed by atoms with Gasteiger partial charge in [-0.1, -0.05) is 33.6 Å². The summed E-state index contributed by atoms with van der Waals surface area (Å²) in [6, 6.07) is 0.210. The summed E-state index contributed by atoms with van der Waals surface area (Å²) in [6.07, 6.45) is 7.58. The van der Waals surface area contributed by atoms with Crippen molar-refractivity contribution >= 4 is 20.0 Å². The van der Waals surface area contributed by atoms with Gasteiger partial charge in [0.15, 0.2) is 0 Å². The zero-order chi connectivity index (χ0) is 26.3. The summed E-state index contributed by atoms with van der Waals surface area (Å²) in [5, 5.41) is 0. The van der Waals surface area contributed by atoms with Crippen LogP contribution in [-0.2, 0) is 20.0 Å². The third-order valence-corrected chi connectivity index (χ3v) is 12.8. The molecule has 0 aliphatic heterocycles. The fourth-order valence-electron chi connectivity index (χ4n) is 5.07. The highest BCUT2D eigenvalue weighted by molar-refractivity contribution is 7.90. The van der Waals surface area contributed by atoms with Crippen molar-refractivity contribution in [3.05, 3.63) is 0 Å². The van der Waals surface area contributed by atoms with Crippen molar-refractivity contribution in [3.8, 4) is 0 Å². The Hall–Kier alpha value is -0.180. The predicted octanol–water partition coefficient (Wildman–Crippen LogP) is 5.93. The molecule has 202 valence electrons. The van der Waals surface area contributed by atoms with Gasteiger partial charge < -0.3 is 0 Å². The Balaban J connectivity index is 2.01. The zero-order valence-corrected chi connectivity index (χ0v) is 25.2. The van der Waals surface area contributed by atoms with Gasteiger partial charge in [-0.25, -0.2) is 16.8 Å². The third kappa shape index (κ3) is 7.19. The topological polar surface area (TPSA) is 74.8 Å². The van der Waals surface area contributed by atoms with Crippen molar-refractivity contribution in [2.75, 3.05) is 0 Å². The van der Waals surface area contributed by atoms with E-state index in [4.69, 9.17) is 0 Å². The summed E-state index contributed by atoms with van der Waals surface area (Å²) in [4.78, 5) is 0. The fraction of sp³-hybridized carbons (Fsp3) is 1.00. The summed E-state index contributed by atoms with van der Waals surface area (Å²) >= 11 is 0. The number of unbranched alkanes of at least 4 members (excludes halogenated alkanes) is 1. The highest BCUT2D eigenvalue weighted by Crippen LogP contribution is 2.40. The van der Waals surface area contributed by atoms with Crippen LogP contribution in [0.5, 0.6) is 0 Å². The molecule has 0 bridgehead atoms.